The maximum Gasteiger partial charge on any atom is 0.159 e. The highest BCUT2D eigenvalue weighted by molar-refractivity contribution is 7.14. The van der Waals surface area contributed by atoms with E-state index in [1.165, 1.54) is 0 Å². The summed E-state index contributed by atoms with van der Waals surface area (Å²) in [6, 6.07) is 7.43. The zero-order valence-corrected chi connectivity index (χ0v) is 9.34. The van der Waals surface area contributed by atoms with Gasteiger partial charge in [0.05, 0.1) is 0 Å². The third-order valence-electron chi connectivity index (χ3n) is 2.06. The monoisotopic (exact) mass is 218 g/mol. The van der Waals surface area contributed by atoms with E-state index in [1.54, 1.807) is 18.3 Å². The quantitative estimate of drug-likeness (QED) is 0.728. The van der Waals surface area contributed by atoms with Crippen molar-refractivity contribution in [2.24, 2.45) is 0 Å². The Morgan fingerprint density at radius 2 is 1.87 bits per heavy atom. The summed E-state index contributed by atoms with van der Waals surface area (Å²) in [5.41, 5.74) is 1.73. The zero-order valence-electron chi connectivity index (χ0n) is 8.52. The van der Waals surface area contributed by atoms with Crippen LogP contribution in [0.3, 0.4) is 0 Å². The van der Waals surface area contributed by atoms with Crippen molar-refractivity contribution < 1.29 is 4.79 Å². The first-order chi connectivity index (χ1) is 7.16. The number of benzene rings is 1. The molecule has 4 heteroatoms. The van der Waals surface area contributed by atoms with E-state index in [9.17, 15) is 4.79 Å². The summed E-state index contributed by atoms with van der Waals surface area (Å²) in [6.45, 7) is 3.48. The highest BCUT2D eigenvalue weighted by atomic mass is 32.1. The first-order valence-electron chi connectivity index (χ1n) is 4.58. The van der Waals surface area contributed by atoms with E-state index >= 15 is 0 Å². The van der Waals surface area contributed by atoms with E-state index in [4.69, 9.17) is 0 Å². The molecule has 76 valence electrons. The van der Waals surface area contributed by atoms with Crippen LogP contribution in [0.15, 0.2) is 24.3 Å². The molecule has 0 amide bonds. The van der Waals surface area contributed by atoms with E-state index in [0.717, 1.165) is 21.1 Å². The summed E-state index contributed by atoms with van der Waals surface area (Å²) in [4.78, 5) is 11.1. The fraction of sp³-hybridized carbons (Fsp3) is 0.182. The third-order valence-corrected chi connectivity index (χ3v) is 2.95. The molecule has 0 unspecified atom stereocenters. The van der Waals surface area contributed by atoms with Crippen LogP contribution in [0, 0.1) is 6.92 Å². The summed E-state index contributed by atoms with van der Waals surface area (Å²) in [7, 11) is 0. The first kappa shape index (κ1) is 9.98. The van der Waals surface area contributed by atoms with Crippen LogP contribution in [0.5, 0.6) is 0 Å². The van der Waals surface area contributed by atoms with Gasteiger partial charge in [0.1, 0.15) is 10.0 Å². The molecular weight excluding hydrogens is 208 g/mol. The molecule has 2 aromatic rings. The highest BCUT2D eigenvalue weighted by Gasteiger charge is 2.04. The van der Waals surface area contributed by atoms with Crippen LogP contribution in [0.2, 0.25) is 0 Å². The normalized spacial score (nSPS) is 10.3. The summed E-state index contributed by atoms with van der Waals surface area (Å²) in [5, 5.41) is 9.83. The Kier molecular flexibility index (Phi) is 2.60. The Labute approximate surface area is 91.8 Å². The minimum atomic E-state index is 0.0787. The lowest BCUT2D eigenvalue weighted by Gasteiger charge is -1.97. The fourth-order valence-corrected chi connectivity index (χ4v) is 1.96. The molecule has 15 heavy (non-hydrogen) atoms. The third kappa shape index (κ3) is 2.10. The molecule has 0 aliphatic heterocycles. The van der Waals surface area contributed by atoms with Crippen molar-refractivity contribution in [3.05, 3.63) is 34.8 Å². The maximum atomic E-state index is 11.1. The van der Waals surface area contributed by atoms with E-state index < -0.39 is 0 Å². The lowest BCUT2D eigenvalue weighted by molar-refractivity contribution is 0.101. The van der Waals surface area contributed by atoms with E-state index in [2.05, 4.69) is 10.2 Å². The Morgan fingerprint density at radius 3 is 2.33 bits per heavy atom. The van der Waals surface area contributed by atoms with E-state index in [0.29, 0.717) is 0 Å². The number of rotatable bonds is 2. The molecule has 0 radical (unpaired) electrons. The van der Waals surface area contributed by atoms with Crippen LogP contribution >= 0.6 is 11.3 Å². The molecule has 1 heterocycles. The van der Waals surface area contributed by atoms with Gasteiger partial charge in [-0.2, -0.15) is 0 Å². The van der Waals surface area contributed by atoms with Crippen LogP contribution in [0.4, 0.5) is 0 Å². The predicted molar refractivity (Wildman–Crippen MR) is 60.1 cm³/mol. The number of hydrogen-bond donors (Lipinski definition) is 0. The molecule has 2 rings (SSSR count). The SMILES string of the molecule is CC(=O)c1ccc(-c2nnc(C)s2)cc1. The van der Waals surface area contributed by atoms with Crippen molar-refractivity contribution in [3.8, 4) is 10.6 Å². The zero-order chi connectivity index (χ0) is 10.8. The molecule has 0 fully saturated rings. The van der Waals surface area contributed by atoms with Gasteiger partial charge in [-0.1, -0.05) is 35.6 Å². The van der Waals surface area contributed by atoms with Gasteiger partial charge in [-0.15, -0.1) is 10.2 Å². The molecule has 0 N–H and O–H groups in total. The standard InChI is InChI=1S/C11H10N2OS/c1-7(14)9-3-5-10(6-4-9)11-13-12-8(2)15-11/h3-6H,1-2H3. The van der Waals surface area contributed by atoms with Gasteiger partial charge in [-0.3, -0.25) is 4.79 Å². The van der Waals surface area contributed by atoms with Crippen LogP contribution in [0.25, 0.3) is 10.6 Å². The van der Waals surface area contributed by atoms with Gasteiger partial charge >= 0.3 is 0 Å². The Balaban J connectivity index is 2.35. The van der Waals surface area contributed by atoms with Gasteiger partial charge in [0.15, 0.2) is 5.78 Å². The van der Waals surface area contributed by atoms with Gasteiger partial charge < -0.3 is 0 Å². The van der Waals surface area contributed by atoms with Gasteiger partial charge in [0.2, 0.25) is 0 Å². The molecule has 0 bridgehead atoms. The average molecular weight is 218 g/mol. The second-order valence-corrected chi connectivity index (χ2v) is 4.44. The Bertz CT molecular complexity index is 488. The lowest BCUT2D eigenvalue weighted by atomic mass is 10.1. The molecule has 0 atom stereocenters. The Hall–Kier alpha value is -1.55. The molecule has 1 aromatic heterocycles. The molecular formula is C11H10N2OS. The predicted octanol–water partition coefficient (Wildman–Crippen LogP) is 2.72. The number of nitrogens with zero attached hydrogens (tertiary/aromatic N) is 2. The van der Waals surface area contributed by atoms with Crippen molar-refractivity contribution in [2.45, 2.75) is 13.8 Å². The Morgan fingerprint density at radius 1 is 1.20 bits per heavy atom. The smallest absolute Gasteiger partial charge is 0.159 e. The topological polar surface area (TPSA) is 42.9 Å². The lowest BCUT2D eigenvalue weighted by Crippen LogP contribution is -1.90. The van der Waals surface area contributed by atoms with Gasteiger partial charge in [-0.05, 0) is 13.8 Å². The summed E-state index contributed by atoms with van der Waals surface area (Å²) in [6.07, 6.45) is 0. The van der Waals surface area contributed by atoms with Crippen molar-refractivity contribution in [1.29, 1.82) is 0 Å². The van der Waals surface area contributed by atoms with Crippen molar-refractivity contribution in [1.82, 2.24) is 10.2 Å². The molecule has 0 aliphatic rings. The maximum absolute atomic E-state index is 11.1. The molecule has 3 nitrogen and oxygen atoms in total. The largest absolute Gasteiger partial charge is 0.295 e. The van der Waals surface area contributed by atoms with Crippen molar-refractivity contribution in [3.63, 3.8) is 0 Å². The van der Waals surface area contributed by atoms with Crippen LogP contribution in [0.1, 0.15) is 22.3 Å². The van der Waals surface area contributed by atoms with Crippen LogP contribution in [-0.2, 0) is 0 Å². The van der Waals surface area contributed by atoms with Crippen molar-refractivity contribution in [2.75, 3.05) is 0 Å². The molecule has 0 aliphatic carbocycles. The van der Waals surface area contributed by atoms with E-state index in [-0.39, 0.29) is 5.78 Å². The van der Waals surface area contributed by atoms with Crippen LogP contribution in [-0.4, -0.2) is 16.0 Å². The number of carbonyl (C=O) groups excluding carboxylic acids is 1. The molecule has 1 aromatic carbocycles. The highest BCUT2D eigenvalue weighted by Crippen LogP contribution is 2.23. The number of aryl methyl sites for hydroxylation is 1. The second-order valence-electron chi connectivity index (χ2n) is 3.26. The molecule has 0 saturated carbocycles. The molecule has 0 saturated heterocycles. The number of carbonyl (C=O) groups is 1. The summed E-state index contributed by atoms with van der Waals surface area (Å²) >= 11 is 1.55. The molecule has 0 spiro atoms. The fourth-order valence-electron chi connectivity index (χ4n) is 1.26. The minimum absolute atomic E-state index is 0.0787. The number of aromatic nitrogens is 2. The van der Waals surface area contributed by atoms with Gasteiger partial charge in [-0.25, -0.2) is 0 Å². The first-order valence-corrected chi connectivity index (χ1v) is 5.40. The second kappa shape index (κ2) is 3.90. The van der Waals surface area contributed by atoms with Crippen molar-refractivity contribution >= 4 is 17.1 Å². The summed E-state index contributed by atoms with van der Waals surface area (Å²) < 4.78 is 0. The van der Waals surface area contributed by atoms with Crippen LogP contribution < -0.4 is 0 Å². The minimum Gasteiger partial charge on any atom is -0.295 e. The van der Waals surface area contributed by atoms with Gasteiger partial charge in [0, 0.05) is 11.1 Å². The van der Waals surface area contributed by atoms with Gasteiger partial charge in [0.25, 0.3) is 0 Å². The number of Topliss-reactive ketones (excluding diaryl/α,β-unsaturated/α-hetero) is 1. The number of ketones is 1. The summed E-state index contributed by atoms with van der Waals surface area (Å²) in [5.74, 6) is 0.0787. The number of hydrogen-bond acceptors (Lipinski definition) is 4. The van der Waals surface area contributed by atoms with E-state index in [1.807, 2.05) is 31.2 Å². The average Bonchev–Trinajstić information content (AvgIpc) is 2.65.